The van der Waals surface area contributed by atoms with Crippen molar-refractivity contribution in [2.45, 2.75) is 32.4 Å². The van der Waals surface area contributed by atoms with Gasteiger partial charge in [0, 0.05) is 25.3 Å². The van der Waals surface area contributed by atoms with Crippen LogP contribution in [0.15, 0.2) is 18.2 Å². The molecule has 1 atom stereocenters. The van der Waals surface area contributed by atoms with Crippen molar-refractivity contribution >= 4 is 0 Å². The average molecular weight is 223 g/mol. The SMILES string of the molecule is Cc1ccc(F)c(CNCC2CCCO2)c1. The highest BCUT2D eigenvalue weighted by atomic mass is 19.1. The van der Waals surface area contributed by atoms with Crippen LogP contribution in [0.2, 0.25) is 0 Å². The van der Waals surface area contributed by atoms with Crippen LogP contribution in [-0.2, 0) is 11.3 Å². The van der Waals surface area contributed by atoms with E-state index >= 15 is 0 Å². The second kappa shape index (κ2) is 5.41. The molecule has 1 aliphatic heterocycles. The topological polar surface area (TPSA) is 21.3 Å². The third kappa shape index (κ3) is 3.03. The van der Waals surface area contributed by atoms with Gasteiger partial charge in [-0.3, -0.25) is 0 Å². The molecule has 1 aliphatic rings. The summed E-state index contributed by atoms with van der Waals surface area (Å²) in [6.07, 6.45) is 2.57. The normalized spacial score (nSPS) is 20.2. The number of halogens is 1. The van der Waals surface area contributed by atoms with Crippen molar-refractivity contribution in [2.24, 2.45) is 0 Å². The second-order valence-electron chi connectivity index (χ2n) is 4.36. The average Bonchev–Trinajstić information content (AvgIpc) is 2.76. The first-order chi connectivity index (χ1) is 7.75. The number of hydrogen-bond acceptors (Lipinski definition) is 2. The van der Waals surface area contributed by atoms with E-state index in [0.717, 1.165) is 37.1 Å². The van der Waals surface area contributed by atoms with Gasteiger partial charge in [0.2, 0.25) is 0 Å². The van der Waals surface area contributed by atoms with Gasteiger partial charge in [-0.2, -0.15) is 0 Å². The van der Waals surface area contributed by atoms with Gasteiger partial charge in [0.25, 0.3) is 0 Å². The van der Waals surface area contributed by atoms with Crippen molar-refractivity contribution in [2.75, 3.05) is 13.2 Å². The summed E-state index contributed by atoms with van der Waals surface area (Å²) in [7, 11) is 0. The van der Waals surface area contributed by atoms with E-state index in [-0.39, 0.29) is 5.82 Å². The molecule has 0 amide bonds. The Balaban J connectivity index is 1.82. The van der Waals surface area contributed by atoms with E-state index < -0.39 is 0 Å². The Kier molecular flexibility index (Phi) is 3.91. The molecule has 1 heterocycles. The lowest BCUT2D eigenvalue weighted by Gasteiger charge is -2.11. The Bertz CT molecular complexity index is 348. The van der Waals surface area contributed by atoms with Gasteiger partial charge in [-0.25, -0.2) is 4.39 Å². The van der Waals surface area contributed by atoms with E-state index in [1.54, 1.807) is 6.07 Å². The molecule has 1 aromatic rings. The predicted octanol–water partition coefficient (Wildman–Crippen LogP) is 2.40. The summed E-state index contributed by atoms with van der Waals surface area (Å²) < 4.78 is 18.9. The zero-order valence-electron chi connectivity index (χ0n) is 9.63. The van der Waals surface area contributed by atoms with Gasteiger partial charge < -0.3 is 10.1 Å². The fraction of sp³-hybridized carbons (Fsp3) is 0.538. The minimum Gasteiger partial charge on any atom is -0.377 e. The molecule has 0 bridgehead atoms. The first kappa shape index (κ1) is 11.6. The highest BCUT2D eigenvalue weighted by Crippen LogP contribution is 2.12. The largest absolute Gasteiger partial charge is 0.377 e. The number of aryl methyl sites for hydroxylation is 1. The summed E-state index contributed by atoms with van der Waals surface area (Å²) >= 11 is 0. The highest BCUT2D eigenvalue weighted by molar-refractivity contribution is 5.23. The van der Waals surface area contributed by atoms with Gasteiger partial charge in [0.05, 0.1) is 6.10 Å². The predicted molar refractivity (Wildman–Crippen MR) is 61.8 cm³/mol. The van der Waals surface area contributed by atoms with E-state index in [2.05, 4.69) is 5.32 Å². The number of ether oxygens (including phenoxy) is 1. The maximum atomic E-state index is 13.4. The molecule has 2 nitrogen and oxygen atoms in total. The summed E-state index contributed by atoms with van der Waals surface area (Å²) in [6.45, 7) is 4.23. The number of rotatable bonds is 4. The molecule has 0 saturated carbocycles. The van der Waals surface area contributed by atoms with Gasteiger partial charge in [0.1, 0.15) is 5.82 Å². The molecule has 0 aliphatic carbocycles. The molecule has 1 saturated heterocycles. The van der Waals surface area contributed by atoms with Crippen LogP contribution < -0.4 is 5.32 Å². The highest BCUT2D eigenvalue weighted by Gasteiger charge is 2.14. The van der Waals surface area contributed by atoms with Crippen molar-refractivity contribution in [3.05, 3.63) is 35.1 Å². The van der Waals surface area contributed by atoms with Gasteiger partial charge in [-0.15, -0.1) is 0 Å². The van der Waals surface area contributed by atoms with Crippen molar-refractivity contribution in [3.63, 3.8) is 0 Å². The maximum Gasteiger partial charge on any atom is 0.127 e. The molecule has 0 radical (unpaired) electrons. The van der Waals surface area contributed by atoms with E-state index in [9.17, 15) is 4.39 Å². The Hall–Kier alpha value is -0.930. The molecule has 2 rings (SSSR count). The summed E-state index contributed by atoms with van der Waals surface area (Å²) in [5.74, 6) is -0.134. The molecule has 88 valence electrons. The van der Waals surface area contributed by atoms with Crippen LogP contribution in [-0.4, -0.2) is 19.3 Å². The van der Waals surface area contributed by atoms with Gasteiger partial charge in [0.15, 0.2) is 0 Å². The summed E-state index contributed by atoms with van der Waals surface area (Å²) in [5.41, 5.74) is 1.83. The zero-order chi connectivity index (χ0) is 11.4. The molecular weight excluding hydrogens is 205 g/mol. The fourth-order valence-corrected chi connectivity index (χ4v) is 2.01. The van der Waals surface area contributed by atoms with E-state index in [4.69, 9.17) is 4.74 Å². The lowest BCUT2D eigenvalue weighted by molar-refractivity contribution is 0.110. The Labute approximate surface area is 95.8 Å². The molecule has 1 unspecified atom stereocenters. The van der Waals surface area contributed by atoms with E-state index in [0.29, 0.717) is 12.6 Å². The molecular formula is C13H18FNO. The monoisotopic (exact) mass is 223 g/mol. The summed E-state index contributed by atoms with van der Waals surface area (Å²) in [6, 6.07) is 5.20. The quantitative estimate of drug-likeness (QED) is 0.846. The summed E-state index contributed by atoms with van der Waals surface area (Å²) in [4.78, 5) is 0. The second-order valence-corrected chi connectivity index (χ2v) is 4.36. The molecule has 0 aromatic heterocycles. The zero-order valence-corrected chi connectivity index (χ0v) is 9.63. The molecule has 3 heteroatoms. The molecule has 1 fully saturated rings. The van der Waals surface area contributed by atoms with Crippen LogP contribution in [0.5, 0.6) is 0 Å². The van der Waals surface area contributed by atoms with Crippen molar-refractivity contribution in [1.29, 1.82) is 0 Å². The van der Waals surface area contributed by atoms with E-state index in [1.807, 2.05) is 13.0 Å². The standard InChI is InChI=1S/C13H18FNO/c1-10-4-5-13(14)11(7-10)8-15-9-12-3-2-6-16-12/h4-5,7,12,15H,2-3,6,8-9H2,1H3. The van der Waals surface area contributed by atoms with Crippen LogP contribution in [0.3, 0.4) is 0 Å². The minimum atomic E-state index is -0.134. The van der Waals surface area contributed by atoms with Crippen LogP contribution in [0.4, 0.5) is 4.39 Å². The van der Waals surface area contributed by atoms with E-state index in [1.165, 1.54) is 6.07 Å². The lowest BCUT2D eigenvalue weighted by atomic mass is 10.1. The van der Waals surface area contributed by atoms with Gasteiger partial charge in [-0.1, -0.05) is 17.7 Å². The number of hydrogen-bond donors (Lipinski definition) is 1. The van der Waals surface area contributed by atoms with Gasteiger partial charge in [-0.05, 0) is 25.8 Å². The molecule has 1 N–H and O–H groups in total. The van der Waals surface area contributed by atoms with Crippen molar-refractivity contribution in [3.8, 4) is 0 Å². The number of nitrogens with one attached hydrogen (secondary N) is 1. The Morgan fingerprint density at radius 3 is 3.12 bits per heavy atom. The number of benzene rings is 1. The minimum absolute atomic E-state index is 0.134. The molecule has 16 heavy (non-hydrogen) atoms. The van der Waals surface area contributed by atoms with Gasteiger partial charge >= 0.3 is 0 Å². The van der Waals surface area contributed by atoms with Crippen LogP contribution in [0.25, 0.3) is 0 Å². The smallest absolute Gasteiger partial charge is 0.127 e. The Morgan fingerprint density at radius 1 is 1.50 bits per heavy atom. The lowest BCUT2D eigenvalue weighted by Crippen LogP contribution is -2.26. The van der Waals surface area contributed by atoms with Crippen LogP contribution in [0.1, 0.15) is 24.0 Å². The maximum absolute atomic E-state index is 13.4. The van der Waals surface area contributed by atoms with Crippen molar-refractivity contribution in [1.82, 2.24) is 5.32 Å². The molecule has 1 aromatic carbocycles. The molecule has 0 spiro atoms. The first-order valence-electron chi connectivity index (χ1n) is 5.83. The first-order valence-corrected chi connectivity index (χ1v) is 5.83. The third-order valence-corrected chi connectivity index (χ3v) is 2.91. The summed E-state index contributed by atoms with van der Waals surface area (Å²) in [5, 5.41) is 3.25. The fourth-order valence-electron chi connectivity index (χ4n) is 2.01. The van der Waals surface area contributed by atoms with Crippen LogP contribution in [0, 0.1) is 12.7 Å². The third-order valence-electron chi connectivity index (χ3n) is 2.91. The van der Waals surface area contributed by atoms with Crippen molar-refractivity contribution < 1.29 is 9.13 Å². The van der Waals surface area contributed by atoms with Crippen LogP contribution >= 0.6 is 0 Å². The Morgan fingerprint density at radius 2 is 2.38 bits per heavy atom.